The Balaban J connectivity index is 1.29. The first-order valence-electron chi connectivity index (χ1n) is 21.2. The van der Waals surface area contributed by atoms with Crippen molar-refractivity contribution in [1.29, 1.82) is 0 Å². The van der Waals surface area contributed by atoms with Crippen LogP contribution < -0.4 is 24.8 Å². The number of carbonyl (C=O) groups excluding carboxylic acids is 4. The lowest BCUT2D eigenvalue weighted by molar-refractivity contribution is -0.143. The van der Waals surface area contributed by atoms with Crippen LogP contribution in [0.1, 0.15) is 105 Å². The van der Waals surface area contributed by atoms with E-state index in [1.165, 1.54) is 33.1 Å². The van der Waals surface area contributed by atoms with E-state index < -0.39 is 129 Å². The van der Waals surface area contributed by atoms with Crippen LogP contribution in [0.15, 0.2) is 18.2 Å². The van der Waals surface area contributed by atoms with Gasteiger partial charge in [0.05, 0.1) is 35.4 Å². The molecule has 3 heterocycles. The molecule has 1 aromatic heterocycles. The number of hydrogen-bond donors (Lipinski definition) is 3. The first-order valence-corrected chi connectivity index (χ1v) is 22.7. The summed E-state index contributed by atoms with van der Waals surface area (Å²) in [5.74, 6) is -9.83. The molecule has 342 valence electrons. The molecule has 0 radical (unpaired) electrons. The summed E-state index contributed by atoms with van der Waals surface area (Å²) in [5.41, 5.74) is -3.86. The van der Waals surface area contributed by atoms with E-state index in [4.69, 9.17) is 14.2 Å². The summed E-state index contributed by atoms with van der Waals surface area (Å²) in [6.45, 7) is 9.48. The molecular formula is C42H56F4N6O9S. The number of nitrogens with zero attached hydrogens (tertiary/aromatic N) is 3. The number of halogens is 4. The molecule has 62 heavy (non-hydrogen) atoms. The van der Waals surface area contributed by atoms with Crippen molar-refractivity contribution in [2.45, 2.75) is 146 Å². The number of alkyl halides is 4. The highest BCUT2D eigenvalue weighted by Gasteiger charge is 2.67. The molecule has 7 rings (SSSR count). The maximum atomic E-state index is 16.5. The topological polar surface area (TPSA) is 195 Å². The zero-order chi connectivity index (χ0) is 45.3. The first-order chi connectivity index (χ1) is 28.9. The van der Waals surface area contributed by atoms with Gasteiger partial charge in [-0.05, 0) is 81.3 Å². The van der Waals surface area contributed by atoms with Gasteiger partial charge in [-0.2, -0.15) is 8.78 Å². The second-order valence-corrected chi connectivity index (χ2v) is 21.5. The molecule has 0 spiro atoms. The Bertz CT molecular complexity index is 2220. The van der Waals surface area contributed by atoms with Gasteiger partial charge in [-0.1, -0.05) is 41.0 Å². The number of ether oxygens (including phenoxy) is 3. The van der Waals surface area contributed by atoms with Crippen molar-refractivity contribution >= 4 is 44.9 Å². The lowest BCUT2D eigenvalue weighted by Crippen LogP contribution is -2.61. The minimum absolute atomic E-state index is 0.0878. The number of hydrogen-bond acceptors (Lipinski definition) is 11. The summed E-state index contributed by atoms with van der Waals surface area (Å²) in [5, 5.41) is 5.10. The van der Waals surface area contributed by atoms with Crippen LogP contribution in [0, 0.1) is 29.1 Å². The molecular weight excluding hydrogens is 841 g/mol. The molecule has 2 bridgehead atoms. The molecule has 3 saturated carbocycles. The van der Waals surface area contributed by atoms with Crippen molar-refractivity contribution in [3.8, 4) is 11.6 Å². The summed E-state index contributed by atoms with van der Waals surface area (Å²) < 4.78 is 106. The van der Waals surface area contributed by atoms with Gasteiger partial charge in [0.25, 0.3) is 11.8 Å². The minimum Gasteiger partial charge on any atom is -0.497 e. The summed E-state index contributed by atoms with van der Waals surface area (Å²) in [4.78, 5) is 66.7. The number of methoxy groups -OCH3 is 1. The second kappa shape index (κ2) is 16.3. The number of nitrogens with one attached hydrogen (secondary N) is 3. The van der Waals surface area contributed by atoms with Gasteiger partial charge in [-0.25, -0.2) is 32.0 Å². The molecule has 1 aromatic carbocycles. The molecule has 3 N–H and O–H groups in total. The van der Waals surface area contributed by atoms with Crippen LogP contribution in [0.4, 0.5) is 22.4 Å². The van der Waals surface area contributed by atoms with E-state index in [-0.39, 0.29) is 42.1 Å². The highest BCUT2D eigenvalue weighted by Crippen LogP contribution is 2.50. The summed E-state index contributed by atoms with van der Waals surface area (Å²) in [7, 11) is -2.90. The van der Waals surface area contributed by atoms with Crippen LogP contribution in [0.3, 0.4) is 0 Å². The quantitative estimate of drug-likeness (QED) is 0.293. The number of fused-ring (bicyclic) bond motifs is 5. The van der Waals surface area contributed by atoms with E-state index in [2.05, 4.69) is 20.6 Å². The largest absolute Gasteiger partial charge is 0.497 e. The average molecular weight is 897 g/mol. The third kappa shape index (κ3) is 8.72. The van der Waals surface area contributed by atoms with Crippen molar-refractivity contribution in [3.63, 3.8) is 0 Å². The molecule has 3 aliphatic carbocycles. The van der Waals surface area contributed by atoms with Gasteiger partial charge in [0.1, 0.15) is 35.6 Å². The standard InChI is InChI=1S/C42H56F4N6O9S/c1-21-16-23-10-8-9-13-42(45,46)31-35(48-27-18-24(59-7)11-12-26(27)47-31)60-29-20-52(36(54)32(39(3,4)5)49-38(56)61-28(23)17-21)30(22(29)2)34(53)50-41(19-25(41)33(43)44)37(55)51-62(57,58)40(6)14-15-40/h11-12,18,21-23,25,28-30,32-33H,8-10,13-17,19-20H2,1-7H3,(H,49,56)(H,50,53)(H,51,55)/t21-,22-,23-,25+,28-,29+,30+,32-,41-/m1/s1. The number of aromatic nitrogens is 2. The van der Waals surface area contributed by atoms with Gasteiger partial charge in [0.2, 0.25) is 34.1 Å². The third-order valence-corrected chi connectivity index (χ3v) is 15.7. The molecule has 1 saturated heterocycles. The molecule has 5 aliphatic rings. The van der Waals surface area contributed by atoms with Crippen molar-refractivity contribution < 1.29 is 59.4 Å². The number of sulfonamides is 1. The van der Waals surface area contributed by atoms with E-state index in [1.54, 1.807) is 26.8 Å². The van der Waals surface area contributed by atoms with E-state index in [9.17, 15) is 36.4 Å². The fourth-order valence-electron chi connectivity index (χ4n) is 9.23. The van der Waals surface area contributed by atoms with Crippen molar-refractivity contribution in [2.24, 2.45) is 29.1 Å². The van der Waals surface area contributed by atoms with Gasteiger partial charge in [-0.3, -0.25) is 19.1 Å². The van der Waals surface area contributed by atoms with E-state index in [0.29, 0.717) is 31.4 Å². The van der Waals surface area contributed by atoms with Gasteiger partial charge in [-0.15, -0.1) is 0 Å². The van der Waals surface area contributed by atoms with E-state index in [0.717, 1.165) is 4.90 Å². The van der Waals surface area contributed by atoms with Crippen LogP contribution in [0.5, 0.6) is 11.6 Å². The zero-order valence-electron chi connectivity index (χ0n) is 35.9. The molecule has 9 atom stereocenters. The lowest BCUT2D eigenvalue weighted by Gasteiger charge is -2.36. The fourth-order valence-corrected chi connectivity index (χ4v) is 10.5. The lowest BCUT2D eigenvalue weighted by atomic mass is 9.85. The SMILES string of the molecule is COc1ccc2nc3c(nc2c1)O[C@H]1CN(C(=O)[C@H](C(C)(C)C)NC(=O)O[C@@H]2C[C@H](C)C[C@H]2CCCCC3(F)F)[C@H](C(=O)N[C@]2(C(=O)NS(=O)(=O)C3(C)CC3)C[C@H]2C(F)F)[C@@H]1C. The van der Waals surface area contributed by atoms with Crippen LogP contribution >= 0.6 is 0 Å². The van der Waals surface area contributed by atoms with Crippen LogP contribution in [0.25, 0.3) is 11.0 Å². The van der Waals surface area contributed by atoms with Gasteiger partial charge < -0.3 is 29.7 Å². The number of carbonyl (C=O) groups is 4. The molecule has 4 fully saturated rings. The molecule has 0 unspecified atom stereocenters. The normalized spacial score (nSPS) is 32.3. The predicted octanol–water partition coefficient (Wildman–Crippen LogP) is 5.59. The fraction of sp³-hybridized carbons (Fsp3) is 0.714. The highest BCUT2D eigenvalue weighted by molar-refractivity contribution is 7.91. The number of alkyl carbamates (subject to hydrolysis) is 1. The van der Waals surface area contributed by atoms with Crippen LogP contribution in [-0.2, 0) is 35.1 Å². The van der Waals surface area contributed by atoms with E-state index in [1.807, 2.05) is 11.6 Å². The number of rotatable bonds is 7. The van der Waals surface area contributed by atoms with Gasteiger partial charge in [0.15, 0.2) is 5.69 Å². The molecule has 4 amide bonds. The Morgan fingerprint density at radius 3 is 2.35 bits per heavy atom. The molecule has 2 aromatic rings. The van der Waals surface area contributed by atoms with E-state index >= 15 is 8.78 Å². The zero-order valence-corrected chi connectivity index (χ0v) is 36.8. The Morgan fingerprint density at radius 2 is 1.73 bits per heavy atom. The smallest absolute Gasteiger partial charge is 0.408 e. The maximum absolute atomic E-state index is 16.5. The minimum atomic E-state index is -4.32. The van der Waals surface area contributed by atoms with Crippen LogP contribution in [-0.4, -0.2) is 102 Å². The predicted molar refractivity (Wildman–Crippen MR) is 216 cm³/mol. The maximum Gasteiger partial charge on any atom is 0.408 e. The molecule has 15 nitrogen and oxygen atoms in total. The van der Waals surface area contributed by atoms with Crippen molar-refractivity contribution in [1.82, 2.24) is 30.2 Å². The number of amides is 4. The van der Waals surface area contributed by atoms with Crippen LogP contribution in [0.2, 0.25) is 0 Å². The Morgan fingerprint density at radius 1 is 1.02 bits per heavy atom. The van der Waals surface area contributed by atoms with Gasteiger partial charge in [0, 0.05) is 18.4 Å². The van der Waals surface area contributed by atoms with Gasteiger partial charge >= 0.3 is 6.09 Å². The third-order valence-electron chi connectivity index (χ3n) is 13.5. The average Bonchev–Trinajstić information content (AvgIpc) is 4.06. The molecule has 2 aliphatic heterocycles. The van der Waals surface area contributed by atoms with Crippen molar-refractivity contribution in [2.75, 3.05) is 13.7 Å². The van der Waals surface area contributed by atoms with Crippen molar-refractivity contribution in [3.05, 3.63) is 23.9 Å². The summed E-state index contributed by atoms with van der Waals surface area (Å²) in [6, 6.07) is 1.55. The Hall–Kier alpha value is -4.49. The Labute approximate surface area is 358 Å². The molecule has 20 heteroatoms. The second-order valence-electron chi connectivity index (χ2n) is 19.3. The monoisotopic (exact) mass is 896 g/mol. The summed E-state index contributed by atoms with van der Waals surface area (Å²) in [6.07, 6.45) is -4.35. The summed E-state index contributed by atoms with van der Waals surface area (Å²) >= 11 is 0. The number of benzene rings is 1. The highest BCUT2D eigenvalue weighted by atomic mass is 32.2. The first kappa shape index (κ1) is 45.5. The Kier molecular flexibility index (Phi) is 11.9.